The van der Waals surface area contributed by atoms with Crippen molar-refractivity contribution < 1.29 is 9.21 Å². The maximum Gasteiger partial charge on any atom is 0.422 e. The molecular weight excluding hydrogens is 298 g/mol. The molecule has 7 heteroatoms. The first-order valence-electron chi connectivity index (χ1n) is 6.90. The van der Waals surface area contributed by atoms with E-state index in [4.69, 9.17) is 4.42 Å². The second-order valence-electron chi connectivity index (χ2n) is 4.99. The minimum absolute atomic E-state index is 0.193. The highest BCUT2D eigenvalue weighted by Gasteiger charge is 2.10. The van der Waals surface area contributed by atoms with E-state index in [1.807, 2.05) is 0 Å². The highest BCUT2D eigenvalue weighted by atomic mass is 16.4. The zero-order chi connectivity index (χ0) is 16.4. The monoisotopic (exact) mass is 311 g/mol. The Kier molecular flexibility index (Phi) is 3.76. The van der Waals surface area contributed by atoms with Crippen molar-refractivity contribution >= 4 is 22.6 Å². The summed E-state index contributed by atoms with van der Waals surface area (Å²) in [7, 11) is 0. The van der Waals surface area contributed by atoms with Crippen LogP contribution >= 0.6 is 0 Å². The Hall–Kier alpha value is -3.22. The number of anilines is 1. The molecule has 2 heterocycles. The molecule has 0 aliphatic rings. The third-order valence-electron chi connectivity index (χ3n) is 3.28. The Labute approximate surface area is 130 Å². The molecule has 7 nitrogen and oxygen atoms in total. The van der Waals surface area contributed by atoms with Crippen LogP contribution in [0.15, 0.2) is 56.6 Å². The molecule has 1 aromatic carbocycles. The van der Waals surface area contributed by atoms with E-state index in [0.717, 1.165) is 5.56 Å². The van der Waals surface area contributed by atoms with Crippen molar-refractivity contribution in [1.82, 2.24) is 9.55 Å². The Bertz CT molecular complexity index is 1000. The third-order valence-corrected chi connectivity index (χ3v) is 3.28. The van der Waals surface area contributed by atoms with Gasteiger partial charge in [-0.05, 0) is 29.8 Å². The van der Waals surface area contributed by atoms with Gasteiger partial charge in [0.05, 0.1) is 17.4 Å². The van der Waals surface area contributed by atoms with Crippen LogP contribution in [0.2, 0.25) is 0 Å². The molecule has 3 aromatic rings. The molecule has 1 amide bonds. The number of aromatic nitrogens is 2. The van der Waals surface area contributed by atoms with Gasteiger partial charge in [-0.1, -0.05) is 12.1 Å². The molecule has 0 spiro atoms. The van der Waals surface area contributed by atoms with Crippen molar-refractivity contribution in [2.75, 3.05) is 5.32 Å². The summed E-state index contributed by atoms with van der Waals surface area (Å²) in [6.45, 7) is 1.58. The maximum atomic E-state index is 12.0. The minimum Gasteiger partial charge on any atom is -0.372 e. The average molecular weight is 311 g/mol. The van der Waals surface area contributed by atoms with E-state index in [-0.39, 0.29) is 12.5 Å². The van der Waals surface area contributed by atoms with Crippen LogP contribution in [-0.4, -0.2) is 15.5 Å². The van der Waals surface area contributed by atoms with Crippen LogP contribution in [-0.2, 0) is 11.3 Å². The fourth-order valence-electron chi connectivity index (χ4n) is 2.32. The summed E-state index contributed by atoms with van der Waals surface area (Å²) in [5.41, 5.74) is 0.576. The van der Waals surface area contributed by atoms with Gasteiger partial charge in [-0.25, -0.2) is 14.6 Å². The Morgan fingerprint density at radius 1 is 1.26 bits per heavy atom. The van der Waals surface area contributed by atoms with Gasteiger partial charge >= 0.3 is 11.4 Å². The first-order chi connectivity index (χ1) is 11.0. The van der Waals surface area contributed by atoms with Crippen LogP contribution in [0.3, 0.4) is 0 Å². The standard InChI is InChI=1S/C16H13N3O4/c1-10(20)18-14-8-11(6-7-17-14)9-19-13-5-3-2-4-12(13)15(21)23-16(19)22/h2-8H,9H2,1H3,(H,17,18,20). The fourth-order valence-corrected chi connectivity index (χ4v) is 2.32. The van der Waals surface area contributed by atoms with E-state index in [1.165, 1.54) is 17.7 Å². The van der Waals surface area contributed by atoms with Crippen LogP contribution in [0.4, 0.5) is 5.82 Å². The summed E-state index contributed by atoms with van der Waals surface area (Å²) in [4.78, 5) is 38.9. The third kappa shape index (κ3) is 3.03. The molecule has 0 saturated carbocycles. The Morgan fingerprint density at radius 2 is 2.04 bits per heavy atom. The van der Waals surface area contributed by atoms with E-state index < -0.39 is 11.4 Å². The maximum absolute atomic E-state index is 12.0. The van der Waals surface area contributed by atoms with Gasteiger partial charge in [0.1, 0.15) is 5.82 Å². The molecule has 23 heavy (non-hydrogen) atoms. The number of para-hydroxylation sites is 1. The van der Waals surface area contributed by atoms with E-state index in [2.05, 4.69) is 10.3 Å². The lowest BCUT2D eigenvalue weighted by atomic mass is 10.2. The topological polar surface area (TPSA) is 94.2 Å². The number of benzene rings is 1. The zero-order valence-corrected chi connectivity index (χ0v) is 12.3. The SMILES string of the molecule is CC(=O)Nc1cc(Cn2c(=O)oc(=O)c3ccccc32)ccn1. The first kappa shape index (κ1) is 14.7. The van der Waals surface area contributed by atoms with E-state index in [9.17, 15) is 14.4 Å². The number of amides is 1. The molecule has 0 fully saturated rings. The second-order valence-corrected chi connectivity index (χ2v) is 4.99. The molecule has 0 atom stereocenters. The van der Waals surface area contributed by atoms with Gasteiger partial charge in [-0.2, -0.15) is 0 Å². The van der Waals surface area contributed by atoms with Crippen molar-refractivity contribution in [3.8, 4) is 0 Å². The van der Waals surface area contributed by atoms with Crippen molar-refractivity contribution in [2.45, 2.75) is 13.5 Å². The number of carbonyl (C=O) groups excluding carboxylic acids is 1. The summed E-state index contributed by atoms with van der Waals surface area (Å²) < 4.78 is 6.12. The fraction of sp³-hybridized carbons (Fsp3) is 0.125. The van der Waals surface area contributed by atoms with Gasteiger partial charge in [0.15, 0.2) is 0 Å². The Balaban J connectivity index is 2.07. The lowest BCUT2D eigenvalue weighted by molar-refractivity contribution is -0.114. The van der Waals surface area contributed by atoms with Crippen LogP contribution in [0.1, 0.15) is 12.5 Å². The van der Waals surface area contributed by atoms with Crippen molar-refractivity contribution in [2.24, 2.45) is 0 Å². The molecule has 0 bridgehead atoms. The van der Waals surface area contributed by atoms with Crippen molar-refractivity contribution in [3.63, 3.8) is 0 Å². The normalized spacial score (nSPS) is 10.7. The number of nitrogens with zero attached hydrogens (tertiary/aromatic N) is 2. The number of hydrogen-bond acceptors (Lipinski definition) is 5. The van der Waals surface area contributed by atoms with Gasteiger partial charge in [-0.15, -0.1) is 0 Å². The highest BCUT2D eigenvalue weighted by Crippen LogP contribution is 2.12. The first-order valence-corrected chi connectivity index (χ1v) is 6.90. The number of rotatable bonds is 3. The predicted molar refractivity (Wildman–Crippen MR) is 84.4 cm³/mol. The van der Waals surface area contributed by atoms with Crippen LogP contribution in [0.5, 0.6) is 0 Å². The smallest absolute Gasteiger partial charge is 0.372 e. The van der Waals surface area contributed by atoms with Crippen LogP contribution < -0.4 is 16.7 Å². The molecule has 0 unspecified atom stereocenters. The second kappa shape index (κ2) is 5.88. The van der Waals surface area contributed by atoms with Crippen molar-refractivity contribution in [3.05, 3.63) is 69.1 Å². The molecule has 116 valence electrons. The lowest BCUT2D eigenvalue weighted by Gasteiger charge is -2.09. The van der Waals surface area contributed by atoms with E-state index in [1.54, 1.807) is 36.4 Å². The molecule has 0 aliphatic carbocycles. The molecule has 0 aliphatic heterocycles. The average Bonchev–Trinajstić information content (AvgIpc) is 2.51. The summed E-state index contributed by atoms with van der Waals surface area (Å²) in [6.07, 6.45) is 1.53. The summed E-state index contributed by atoms with van der Waals surface area (Å²) in [5, 5.41) is 2.92. The number of fused-ring (bicyclic) bond motifs is 1. The highest BCUT2D eigenvalue weighted by molar-refractivity contribution is 5.87. The lowest BCUT2D eigenvalue weighted by Crippen LogP contribution is -2.25. The molecule has 0 saturated heterocycles. The number of carbonyl (C=O) groups is 1. The predicted octanol–water partition coefficient (Wildman–Crippen LogP) is 1.36. The number of nitrogens with one attached hydrogen (secondary N) is 1. The summed E-state index contributed by atoms with van der Waals surface area (Å²) in [6, 6.07) is 10.1. The number of pyridine rings is 1. The van der Waals surface area contributed by atoms with Gasteiger partial charge < -0.3 is 9.73 Å². The zero-order valence-electron chi connectivity index (χ0n) is 12.3. The Morgan fingerprint density at radius 3 is 2.83 bits per heavy atom. The largest absolute Gasteiger partial charge is 0.422 e. The van der Waals surface area contributed by atoms with Crippen LogP contribution in [0, 0.1) is 0 Å². The van der Waals surface area contributed by atoms with Gasteiger partial charge in [0.2, 0.25) is 5.91 Å². The quantitative estimate of drug-likeness (QED) is 0.788. The van der Waals surface area contributed by atoms with Gasteiger partial charge in [-0.3, -0.25) is 9.36 Å². The molecular formula is C16H13N3O4. The molecule has 1 N–H and O–H groups in total. The molecule has 0 radical (unpaired) electrons. The summed E-state index contributed by atoms with van der Waals surface area (Å²) >= 11 is 0. The van der Waals surface area contributed by atoms with Gasteiger partial charge in [0, 0.05) is 13.1 Å². The van der Waals surface area contributed by atoms with Gasteiger partial charge in [0.25, 0.3) is 0 Å². The number of hydrogen-bond donors (Lipinski definition) is 1. The molecule has 3 rings (SSSR count). The van der Waals surface area contributed by atoms with E-state index >= 15 is 0 Å². The molecule has 2 aromatic heterocycles. The summed E-state index contributed by atoms with van der Waals surface area (Å²) in [5.74, 6) is -0.570. The van der Waals surface area contributed by atoms with E-state index in [0.29, 0.717) is 16.7 Å². The van der Waals surface area contributed by atoms with Crippen molar-refractivity contribution in [1.29, 1.82) is 0 Å². The minimum atomic E-state index is -0.730. The van der Waals surface area contributed by atoms with Crippen LogP contribution in [0.25, 0.3) is 10.9 Å².